The van der Waals surface area contributed by atoms with E-state index in [1.807, 2.05) is 19.9 Å². The Hall–Kier alpha value is -1.89. The van der Waals surface area contributed by atoms with Crippen LogP contribution in [0.25, 0.3) is 5.82 Å². The van der Waals surface area contributed by atoms with Crippen molar-refractivity contribution in [3.63, 3.8) is 0 Å². The summed E-state index contributed by atoms with van der Waals surface area (Å²) in [7, 11) is 0. The lowest BCUT2D eigenvalue weighted by atomic mass is 10.2. The molecule has 0 saturated heterocycles. The van der Waals surface area contributed by atoms with Gasteiger partial charge < -0.3 is 5.32 Å². The second-order valence-corrected chi connectivity index (χ2v) is 4.73. The summed E-state index contributed by atoms with van der Waals surface area (Å²) in [6.45, 7) is 4.66. The van der Waals surface area contributed by atoms with Crippen molar-refractivity contribution in [2.75, 3.05) is 0 Å². The van der Waals surface area contributed by atoms with Crippen molar-refractivity contribution in [2.24, 2.45) is 0 Å². The molecule has 0 aliphatic rings. The predicted molar refractivity (Wildman–Crippen MR) is 68.3 cm³/mol. The van der Waals surface area contributed by atoms with E-state index in [1.54, 1.807) is 12.3 Å². The molecule has 0 atom stereocenters. The topological polar surface area (TPSA) is 42.7 Å². The molecule has 0 amide bonds. The number of rotatable bonds is 4. The minimum absolute atomic E-state index is 0.327. The predicted octanol–water partition coefficient (Wildman–Crippen LogP) is 2.78. The fourth-order valence-electron chi connectivity index (χ4n) is 1.61. The van der Waals surface area contributed by atoms with Crippen LogP contribution in [0.3, 0.4) is 0 Å². The summed E-state index contributed by atoms with van der Waals surface area (Å²) in [5, 5.41) is 6.94. The molecule has 0 spiro atoms. The molecule has 2 aromatic heterocycles. The zero-order valence-corrected chi connectivity index (χ0v) is 11.1. The minimum atomic E-state index is -4.39. The Morgan fingerprint density at radius 1 is 1.35 bits per heavy atom. The first-order valence-corrected chi connectivity index (χ1v) is 6.17. The minimum Gasteiger partial charge on any atom is -0.310 e. The highest BCUT2D eigenvalue weighted by atomic mass is 19.4. The molecule has 2 aromatic rings. The van der Waals surface area contributed by atoms with Gasteiger partial charge in [-0.2, -0.15) is 18.3 Å². The monoisotopic (exact) mass is 284 g/mol. The van der Waals surface area contributed by atoms with Crippen molar-refractivity contribution in [2.45, 2.75) is 32.6 Å². The van der Waals surface area contributed by atoms with E-state index in [2.05, 4.69) is 15.4 Å². The van der Waals surface area contributed by atoms with E-state index >= 15 is 0 Å². The first-order valence-electron chi connectivity index (χ1n) is 6.17. The summed E-state index contributed by atoms with van der Waals surface area (Å²) in [6, 6.07) is 3.85. The molecule has 2 heterocycles. The van der Waals surface area contributed by atoms with Crippen LogP contribution in [0.2, 0.25) is 0 Å². The Morgan fingerprint density at radius 2 is 2.10 bits per heavy atom. The second kappa shape index (κ2) is 5.62. The van der Waals surface area contributed by atoms with E-state index in [4.69, 9.17) is 0 Å². The molecule has 0 aliphatic heterocycles. The zero-order valence-electron chi connectivity index (χ0n) is 11.1. The third-order valence-corrected chi connectivity index (χ3v) is 2.67. The maximum atomic E-state index is 12.5. The summed E-state index contributed by atoms with van der Waals surface area (Å²) < 4.78 is 38.7. The van der Waals surface area contributed by atoms with Crippen LogP contribution in [0, 0.1) is 0 Å². The van der Waals surface area contributed by atoms with Crippen LogP contribution in [0.4, 0.5) is 13.2 Å². The molecule has 0 bridgehead atoms. The lowest BCUT2D eigenvalue weighted by Crippen LogP contribution is -2.21. The van der Waals surface area contributed by atoms with Gasteiger partial charge in [0.2, 0.25) is 0 Å². The molecule has 0 saturated carbocycles. The highest BCUT2D eigenvalue weighted by Crippen LogP contribution is 2.28. The van der Waals surface area contributed by atoms with Crippen LogP contribution in [-0.4, -0.2) is 20.8 Å². The van der Waals surface area contributed by atoms with E-state index in [1.165, 1.54) is 0 Å². The molecule has 0 radical (unpaired) electrons. The Labute approximate surface area is 114 Å². The summed E-state index contributed by atoms with van der Waals surface area (Å²) >= 11 is 0. The smallest absolute Gasteiger partial charge is 0.310 e. The third kappa shape index (κ3) is 3.57. The van der Waals surface area contributed by atoms with Crippen LogP contribution in [0.1, 0.15) is 25.0 Å². The Morgan fingerprint density at radius 3 is 2.70 bits per heavy atom. The third-order valence-electron chi connectivity index (χ3n) is 2.67. The number of nitrogens with one attached hydrogen (secondary N) is 1. The van der Waals surface area contributed by atoms with Gasteiger partial charge in [0.15, 0.2) is 5.82 Å². The largest absolute Gasteiger partial charge is 0.419 e. The van der Waals surface area contributed by atoms with Crippen molar-refractivity contribution >= 4 is 0 Å². The van der Waals surface area contributed by atoms with Crippen molar-refractivity contribution in [1.29, 1.82) is 0 Å². The average Bonchev–Trinajstić information content (AvgIpc) is 2.86. The molecule has 7 heteroatoms. The van der Waals surface area contributed by atoms with Gasteiger partial charge in [-0.3, -0.25) is 0 Å². The maximum Gasteiger partial charge on any atom is 0.419 e. The lowest BCUT2D eigenvalue weighted by Gasteiger charge is -2.09. The summed E-state index contributed by atoms with van der Waals surface area (Å²) in [5.41, 5.74) is 0.151. The first kappa shape index (κ1) is 14.5. The number of hydrogen-bond donors (Lipinski definition) is 1. The van der Waals surface area contributed by atoms with Gasteiger partial charge in [-0.1, -0.05) is 13.8 Å². The van der Waals surface area contributed by atoms with Gasteiger partial charge in [-0.15, -0.1) is 0 Å². The molecule has 0 aliphatic carbocycles. The molecular weight excluding hydrogens is 269 g/mol. The number of alkyl halides is 3. The fraction of sp³-hybridized carbons (Fsp3) is 0.385. The highest BCUT2D eigenvalue weighted by Gasteiger charge is 2.32. The number of halogens is 3. The molecule has 0 aromatic carbocycles. The van der Waals surface area contributed by atoms with Crippen molar-refractivity contribution in [3.05, 3.63) is 41.9 Å². The molecule has 20 heavy (non-hydrogen) atoms. The highest BCUT2D eigenvalue weighted by molar-refractivity contribution is 5.28. The standard InChI is InChI=1S/C13H15F3N4/c1-9(2)18-6-10-3-4-17-12(5-10)20-8-11(7-19-20)13(14,15)16/h3-5,7-9,18H,6H2,1-2H3. The number of nitrogens with zero attached hydrogens (tertiary/aromatic N) is 3. The van der Waals surface area contributed by atoms with E-state index in [0.29, 0.717) is 18.4 Å². The van der Waals surface area contributed by atoms with Crippen molar-refractivity contribution in [3.8, 4) is 5.82 Å². The first-order chi connectivity index (χ1) is 9.36. The van der Waals surface area contributed by atoms with Crippen LogP contribution in [0.15, 0.2) is 30.7 Å². The molecule has 2 rings (SSSR count). The SMILES string of the molecule is CC(C)NCc1ccnc(-n2cc(C(F)(F)F)cn2)c1. The van der Waals surface area contributed by atoms with Gasteiger partial charge in [0.25, 0.3) is 0 Å². The van der Waals surface area contributed by atoms with Crippen LogP contribution in [0.5, 0.6) is 0 Å². The fourth-order valence-corrected chi connectivity index (χ4v) is 1.61. The van der Waals surface area contributed by atoms with Gasteiger partial charge in [-0.05, 0) is 17.7 Å². The number of hydrogen-bond acceptors (Lipinski definition) is 3. The lowest BCUT2D eigenvalue weighted by molar-refractivity contribution is -0.137. The summed E-state index contributed by atoms with van der Waals surface area (Å²) in [4.78, 5) is 4.04. The van der Waals surface area contributed by atoms with Gasteiger partial charge in [0.05, 0.1) is 11.8 Å². The number of aromatic nitrogens is 3. The van der Waals surface area contributed by atoms with Gasteiger partial charge in [0.1, 0.15) is 0 Å². The summed E-state index contributed by atoms with van der Waals surface area (Å²) in [5.74, 6) is 0.364. The molecule has 108 valence electrons. The van der Waals surface area contributed by atoms with Crippen LogP contribution >= 0.6 is 0 Å². The second-order valence-electron chi connectivity index (χ2n) is 4.73. The Balaban J connectivity index is 2.20. The maximum absolute atomic E-state index is 12.5. The molecule has 0 fully saturated rings. The molecule has 0 unspecified atom stereocenters. The Bertz CT molecular complexity index is 575. The molecule has 1 N–H and O–H groups in total. The van der Waals surface area contributed by atoms with Crippen LogP contribution < -0.4 is 5.32 Å². The van der Waals surface area contributed by atoms with Gasteiger partial charge in [-0.25, -0.2) is 9.67 Å². The molecule has 4 nitrogen and oxygen atoms in total. The van der Waals surface area contributed by atoms with E-state index in [9.17, 15) is 13.2 Å². The average molecular weight is 284 g/mol. The normalized spacial score (nSPS) is 12.1. The zero-order chi connectivity index (χ0) is 14.8. The quantitative estimate of drug-likeness (QED) is 0.938. The van der Waals surface area contributed by atoms with E-state index < -0.39 is 11.7 Å². The van der Waals surface area contributed by atoms with E-state index in [0.717, 1.165) is 22.6 Å². The summed E-state index contributed by atoms with van der Waals surface area (Å²) in [6.07, 6.45) is -1.11. The van der Waals surface area contributed by atoms with E-state index in [-0.39, 0.29) is 0 Å². The van der Waals surface area contributed by atoms with Crippen molar-refractivity contribution < 1.29 is 13.2 Å². The van der Waals surface area contributed by atoms with Crippen molar-refractivity contribution in [1.82, 2.24) is 20.1 Å². The van der Waals surface area contributed by atoms with Gasteiger partial charge >= 0.3 is 6.18 Å². The van der Waals surface area contributed by atoms with Crippen LogP contribution in [-0.2, 0) is 12.7 Å². The van der Waals surface area contributed by atoms with Gasteiger partial charge in [0, 0.05) is 25.0 Å². The molecular formula is C13H15F3N4. The number of pyridine rings is 1. The Kier molecular flexibility index (Phi) is 4.08.